The van der Waals surface area contributed by atoms with Crippen LogP contribution in [0.2, 0.25) is 5.15 Å². The summed E-state index contributed by atoms with van der Waals surface area (Å²) < 4.78 is 28.3. The first-order valence-electron chi connectivity index (χ1n) is 12.1. The van der Waals surface area contributed by atoms with Gasteiger partial charge in [0.05, 0.1) is 17.5 Å². The van der Waals surface area contributed by atoms with Crippen LogP contribution in [-0.4, -0.2) is 63.4 Å². The highest BCUT2D eigenvalue weighted by Crippen LogP contribution is 2.35. The number of furan rings is 1. The van der Waals surface area contributed by atoms with E-state index >= 15 is 0 Å². The van der Waals surface area contributed by atoms with E-state index < -0.39 is 11.8 Å². The number of aromatic carboxylic acids is 1. The number of ether oxygens (including phenoxy) is 1. The zero-order chi connectivity index (χ0) is 25.5. The van der Waals surface area contributed by atoms with Crippen LogP contribution in [-0.2, 0) is 4.74 Å². The number of nitrogens with zero attached hydrogens (tertiary/aromatic N) is 6. The Hall–Kier alpha value is -3.70. The average Bonchev–Trinajstić information content (AvgIpc) is 3.58. The van der Waals surface area contributed by atoms with Crippen molar-refractivity contribution in [1.82, 2.24) is 19.5 Å². The Bertz CT molecular complexity index is 1450. The van der Waals surface area contributed by atoms with E-state index in [-0.39, 0.29) is 16.9 Å². The standard InChI is InChI=1S/C25H24ClFN6O4/c26-21-20-23(30-22(29-21)18-4-3-13-36-18)33(19-5-1-2-12-37-19)25(28-20)32-10-8-31(9-11-32)17-7-6-15(24(34)35)14-16(17)27/h3-4,6-7,13-14,19H,1-2,5,8-12H2,(H,34,35). The number of piperazine rings is 1. The van der Waals surface area contributed by atoms with Gasteiger partial charge in [-0.05, 0) is 49.6 Å². The number of halogens is 2. The molecular formula is C25H24ClFN6O4. The van der Waals surface area contributed by atoms with Crippen molar-refractivity contribution in [2.45, 2.75) is 25.5 Å². The number of rotatable bonds is 5. The van der Waals surface area contributed by atoms with E-state index in [1.807, 2.05) is 9.47 Å². The molecule has 0 amide bonds. The van der Waals surface area contributed by atoms with Crippen molar-refractivity contribution in [1.29, 1.82) is 0 Å². The van der Waals surface area contributed by atoms with Crippen molar-refractivity contribution >= 4 is 40.4 Å². The van der Waals surface area contributed by atoms with Crippen LogP contribution in [0.4, 0.5) is 16.0 Å². The lowest BCUT2D eigenvalue weighted by atomic mass is 10.1. The maximum atomic E-state index is 14.7. The Morgan fingerprint density at radius 3 is 2.57 bits per heavy atom. The Morgan fingerprint density at radius 2 is 1.89 bits per heavy atom. The van der Waals surface area contributed by atoms with Crippen LogP contribution in [0, 0.1) is 5.82 Å². The van der Waals surface area contributed by atoms with Gasteiger partial charge in [-0.2, -0.15) is 0 Å². The van der Waals surface area contributed by atoms with Crippen LogP contribution in [0.5, 0.6) is 0 Å². The molecule has 0 aliphatic carbocycles. The van der Waals surface area contributed by atoms with Crippen molar-refractivity contribution in [2.24, 2.45) is 0 Å². The minimum atomic E-state index is -1.16. The van der Waals surface area contributed by atoms with Gasteiger partial charge in [0.1, 0.15) is 17.6 Å². The molecule has 0 radical (unpaired) electrons. The molecule has 2 aliphatic rings. The van der Waals surface area contributed by atoms with Gasteiger partial charge >= 0.3 is 5.97 Å². The molecule has 3 aromatic heterocycles. The van der Waals surface area contributed by atoms with Gasteiger partial charge < -0.3 is 24.1 Å². The van der Waals surface area contributed by atoms with Crippen LogP contribution < -0.4 is 9.80 Å². The quantitative estimate of drug-likeness (QED) is 0.373. The molecule has 6 rings (SSSR count). The molecule has 2 saturated heterocycles. The third-order valence-electron chi connectivity index (χ3n) is 6.76. The number of carboxylic acid groups (broad SMARTS) is 1. The van der Waals surface area contributed by atoms with Gasteiger partial charge in [0, 0.05) is 32.8 Å². The summed E-state index contributed by atoms with van der Waals surface area (Å²) in [6.07, 6.45) is 4.14. The normalized spacial score (nSPS) is 18.5. The van der Waals surface area contributed by atoms with Crippen molar-refractivity contribution in [3.8, 4) is 11.6 Å². The van der Waals surface area contributed by atoms with Gasteiger partial charge in [-0.1, -0.05) is 11.6 Å². The van der Waals surface area contributed by atoms with Gasteiger partial charge in [0.25, 0.3) is 0 Å². The number of aromatic nitrogens is 4. The molecule has 10 nitrogen and oxygen atoms in total. The fourth-order valence-electron chi connectivity index (χ4n) is 4.90. The number of hydrogen-bond donors (Lipinski definition) is 1. The summed E-state index contributed by atoms with van der Waals surface area (Å²) in [5.41, 5.74) is 1.36. The summed E-state index contributed by atoms with van der Waals surface area (Å²) >= 11 is 6.58. The van der Waals surface area contributed by atoms with E-state index in [0.717, 1.165) is 25.3 Å². The van der Waals surface area contributed by atoms with Crippen molar-refractivity contribution in [3.63, 3.8) is 0 Å². The number of hydrogen-bond acceptors (Lipinski definition) is 8. The van der Waals surface area contributed by atoms with Gasteiger partial charge in [-0.3, -0.25) is 4.57 Å². The topological polar surface area (TPSA) is 110 Å². The predicted octanol–water partition coefficient (Wildman–Crippen LogP) is 4.60. The molecule has 12 heteroatoms. The third-order valence-corrected chi connectivity index (χ3v) is 7.03. The number of carboxylic acids is 1. The molecule has 1 N–H and O–H groups in total. The molecular weight excluding hydrogens is 503 g/mol. The first kappa shape index (κ1) is 23.7. The number of benzene rings is 1. The SMILES string of the molecule is O=C(O)c1ccc(N2CCN(c3nc4c(Cl)nc(-c5ccco5)nc4n3C3CCCCO3)CC2)c(F)c1. The summed E-state index contributed by atoms with van der Waals surface area (Å²) in [5.74, 6) is -0.154. The highest BCUT2D eigenvalue weighted by atomic mass is 35.5. The molecule has 2 fully saturated rings. The van der Waals surface area contributed by atoms with Crippen LogP contribution in [0.1, 0.15) is 35.8 Å². The Morgan fingerprint density at radius 1 is 1.08 bits per heavy atom. The fourth-order valence-corrected chi connectivity index (χ4v) is 5.11. The molecule has 2 aliphatic heterocycles. The van der Waals surface area contributed by atoms with Crippen LogP contribution >= 0.6 is 11.6 Å². The zero-order valence-corrected chi connectivity index (χ0v) is 20.6. The average molecular weight is 527 g/mol. The number of fused-ring (bicyclic) bond motifs is 1. The molecule has 0 saturated carbocycles. The molecule has 1 unspecified atom stereocenters. The van der Waals surface area contributed by atoms with E-state index in [1.54, 1.807) is 18.4 Å². The molecule has 1 atom stereocenters. The smallest absolute Gasteiger partial charge is 0.335 e. The summed E-state index contributed by atoms with van der Waals surface area (Å²) in [6, 6.07) is 7.54. The third kappa shape index (κ3) is 4.38. The maximum absolute atomic E-state index is 14.7. The van der Waals surface area contributed by atoms with Crippen molar-refractivity contribution in [3.05, 3.63) is 53.1 Å². The fraction of sp³-hybridized carbons (Fsp3) is 0.360. The monoisotopic (exact) mass is 526 g/mol. The van der Waals surface area contributed by atoms with Gasteiger partial charge in [0.2, 0.25) is 5.95 Å². The van der Waals surface area contributed by atoms with Crippen molar-refractivity contribution in [2.75, 3.05) is 42.6 Å². The number of imidazole rings is 1. The van der Waals surface area contributed by atoms with Gasteiger partial charge in [-0.15, -0.1) is 0 Å². The highest BCUT2D eigenvalue weighted by Gasteiger charge is 2.30. The summed E-state index contributed by atoms with van der Waals surface area (Å²) in [7, 11) is 0. The Kier molecular flexibility index (Phi) is 6.17. The van der Waals surface area contributed by atoms with Gasteiger partial charge in [-0.25, -0.2) is 24.1 Å². The Balaban J connectivity index is 1.33. The minimum absolute atomic E-state index is 0.0759. The maximum Gasteiger partial charge on any atom is 0.335 e. The molecule has 0 bridgehead atoms. The first-order chi connectivity index (χ1) is 18.0. The molecule has 0 spiro atoms. The van der Waals surface area contributed by atoms with Crippen LogP contribution in [0.25, 0.3) is 22.7 Å². The van der Waals surface area contributed by atoms with E-state index in [4.69, 9.17) is 35.8 Å². The molecule has 192 valence electrons. The van der Waals surface area contributed by atoms with E-state index in [2.05, 4.69) is 9.88 Å². The first-order valence-corrected chi connectivity index (χ1v) is 12.5. The summed E-state index contributed by atoms with van der Waals surface area (Å²) in [4.78, 5) is 29.2. The second-order valence-corrected chi connectivity index (χ2v) is 9.39. The highest BCUT2D eigenvalue weighted by molar-refractivity contribution is 6.33. The van der Waals surface area contributed by atoms with E-state index in [1.165, 1.54) is 12.1 Å². The largest absolute Gasteiger partial charge is 0.478 e. The predicted molar refractivity (Wildman–Crippen MR) is 135 cm³/mol. The summed E-state index contributed by atoms with van der Waals surface area (Å²) in [5, 5.41) is 9.35. The van der Waals surface area contributed by atoms with E-state index in [0.29, 0.717) is 67.2 Å². The van der Waals surface area contributed by atoms with Crippen LogP contribution in [0.15, 0.2) is 41.0 Å². The van der Waals surface area contributed by atoms with Gasteiger partial charge in [0.15, 0.2) is 22.4 Å². The molecule has 4 aromatic rings. The van der Waals surface area contributed by atoms with Crippen molar-refractivity contribution < 1.29 is 23.4 Å². The van der Waals surface area contributed by atoms with Crippen LogP contribution in [0.3, 0.4) is 0 Å². The number of carbonyl (C=O) groups is 1. The zero-order valence-electron chi connectivity index (χ0n) is 19.8. The minimum Gasteiger partial charge on any atom is -0.478 e. The molecule has 1 aromatic carbocycles. The lowest BCUT2D eigenvalue weighted by Gasteiger charge is -2.37. The second kappa shape index (κ2) is 9.64. The lowest BCUT2D eigenvalue weighted by molar-refractivity contribution is -0.0289. The number of anilines is 2. The second-order valence-electron chi connectivity index (χ2n) is 9.04. The molecule has 37 heavy (non-hydrogen) atoms. The molecule has 5 heterocycles. The lowest BCUT2D eigenvalue weighted by Crippen LogP contribution is -2.48. The van der Waals surface area contributed by atoms with E-state index in [9.17, 15) is 9.18 Å². The summed E-state index contributed by atoms with van der Waals surface area (Å²) in [6.45, 7) is 2.82. The Labute approximate surface area is 216 Å².